The van der Waals surface area contributed by atoms with E-state index in [1.165, 1.54) is 18.2 Å². The van der Waals surface area contributed by atoms with Crippen molar-refractivity contribution < 1.29 is 38.9 Å². The molecule has 124 valence electrons. The number of benzene rings is 1. The van der Waals surface area contributed by atoms with Gasteiger partial charge in [0.25, 0.3) is 0 Å². The second-order valence-electron chi connectivity index (χ2n) is 3.78. The smallest absolute Gasteiger partial charge is 0.375 e. The van der Waals surface area contributed by atoms with Crippen LogP contribution in [0.4, 0.5) is 26.3 Å². The monoisotopic (exact) mass is 366 g/mol. The van der Waals surface area contributed by atoms with Crippen molar-refractivity contribution >= 4 is 27.6 Å². The van der Waals surface area contributed by atoms with E-state index in [-0.39, 0.29) is 5.56 Å². The molecule has 1 aromatic rings. The lowest BCUT2D eigenvalue weighted by atomic mass is 10.2. The normalized spacial score (nSPS) is 14.5. The van der Waals surface area contributed by atoms with Gasteiger partial charge in [0.05, 0.1) is 0 Å². The maximum absolute atomic E-state index is 12.4. The highest BCUT2D eigenvalue weighted by Crippen LogP contribution is 2.41. The van der Waals surface area contributed by atoms with E-state index in [0.29, 0.717) is 0 Å². The second-order valence-corrected chi connectivity index (χ2v) is 6.60. The van der Waals surface area contributed by atoms with Gasteiger partial charge in [-0.2, -0.15) is 34.8 Å². The first-order valence-corrected chi connectivity index (χ1v) is 7.59. The quantitative estimate of drug-likeness (QED) is 0.341. The SMILES string of the molecule is C/C(SC(F)(F)F)=C(\OS(=O)(=O)C(F)(F)F)c1ccccc1. The zero-order valence-electron chi connectivity index (χ0n) is 10.7. The summed E-state index contributed by atoms with van der Waals surface area (Å²) < 4.78 is 100. The van der Waals surface area contributed by atoms with Gasteiger partial charge in [0, 0.05) is 10.5 Å². The predicted octanol–water partition coefficient (Wildman–Crippen LogP) is 4.49. The van der Waals surface area contributed by atoms with E-state index in [0.717, 1.165) is 19.1 Å². The molecule has 0 N–H and O–H groups in total. The minimum atomic E-state index is -6.08. The van der Waals surface area contributed by atoms with E-state index in [4.69, 9.17) is 0 Å². The van der Waals surface area contributed by atoms with Crippen LogP contribution in [0.1, 0.15) is 12.5 Å². The average molecular weight is 366 g/mol. The second kappa shape index (κ2) is 6.41. The Hall–Kier alpha value is -1.36. The van der Waals surface area contributed by atoms with Gasteiger partial charge >= 0.3 is 21.1 Å². The van der Waals surface area contributed by atoms with Crippen molar-refractivity contribution in [2.24, 2.45) is 0 Å². The summed E-state index contributed by atoms with van der Waals surface area (Å²) in [6.45, 7) is 0.812. The lowest BCUT2D eigenvalue weighted by molar-refractivity contribution is -0.0509. The van der Waals surface area contributed by atoms with Gasteiger partial charge in [-0.25, -0.2) is 0 Å². The summed E-state index contributed by atoms with van der Waals surface area (Å²) >= 11 is -0.766. The zero-order valence-corrected chi connectivity index (χ0v) is 12.3. The molecule has 0 fully saturated rings. The Kier molecular flexibility index (Phi) is 5.44. The first-order chi connectivity index (χ1) is 9.83. The van der Waals surface area contributed by atoms with Crippen molar-refractivity contribution in [2.45, 2.75) is 17.9 Å². The standard InChI is InChI=1S/C11H8F6O3S2/c1-7(21-10(12,13)14)9(8-5-3-2-4-6-8)20-22(18,19)11(15,16)17/h2-6H,1H3/b9-7+. The third-order valence-electron chi connectivity index (χ3n) is 2.10. The van der Waals surface area contributed by atoms with Crippen molar-refractivity contribution in [3.05, 3.63) is 40.8 Å². The maximum Gasteiger partial charge on any atom is 0.534 e. The fourth-order valence-corrected chi connectivity index (χ4v) is 2.46. The van der Waals surface area contributed by atoms with Crippen LogP contribution in [-0.4, -0.2) is 19.4 Å². The van der Waals surface area contributed by atoms with Gasteiger partial charge in [0.2, 0.25) is 0 Å². The number of allylic oxidation sites excluding steroid dienone is 1. The van der Waals surface area contributed by atoms with Crippen molar-refractivity contribution in [1.29, 1.82) is 0 Å². The minimum Gasteiger partial charge on any atom is -0.375 e. The number of rotatable bonds is 4. The van der Waals surface area contributed by atoms with Gasteiger partial charge < -0.3 is 4.18 Å². The largest absolute Gasteiger partial charge is 0.534 e. The number of thioether (sulfide) groups is 1. The van der Waals surface area contributed by atoms with Crippen LogP contribution in [0.25, 0.3) is 5.76 Å². The molecule has 0 bridgehead atoms. The van der Waals surface area contributed by atoms with Gasteiger partial charge in [-0.3, -0.25) is 0 Å². The Morgan fingerprint density at radius 2 is 1.55 bits per heavy atom. The molecule has 11 heteroatoms. The summed E-state index contributed by atoms with van der Waals surface area (Å²) in [6, 6.07) is 6.32. The highest BCUT2D eigenvalue weighted by molar-refractivity contribution is 8.04. The van der Waals surface area contributed by atoms with Crippen LogP contribution in [0, 0.1) is 0 Å². The Bertz CT molecular complexity index is 647. The number of hydrogen-bond acceptors (Lipinski definition) is 4. The van der Waals surface area contributed by atoms with Crippen LogP contribution < -0.4 is 0 Å². The van der Waals surface area contributed by atoms with E-state index in [1.807, 2.05) is 0 Å². The van der Waals surface area contributed by atoms with Crippen LogP contribution in [0.15, 0.2) is 35.2 Å². The molecule has 1 rings (SSSR count). The molecule has 0 aliphatic carbocycles. The molecular weight excluding hydrogens is 358 g/mol. The maximum atomic E-state index is 12.4. The predicted molar refractivity (Wildman–Crippen MR) is 68.7 cm³/mol. The molecule has 0 aromatic heterocycles. The van der Waals surface area contributed by atoms with Crippen molar-refractivity contribution in [2.75, 3.05) is 0 Å². The van der Waals surface area contributed by atoms with Crippen LogP contribution in [0.5, 0.6) is 0 Å². The van der Waals surface area contributed by atoms with Crippen LogP contribution in [0.2, 0.25) is 0 Å². The first-order valence-electron chi connectivity index (χ1n) is 5.36. The average Bonchev–Trinajstić information content (AvgIpc) is 2.33. The lowest BCUT2D eigenvalue weighted by Gasteiger charge is -2.16. The molecule has 22 heavy (non-hydrogen) atoms. The number of hydrogen-bond donors (Lipinski definition) is 0. The fraction of sp³-hybridized carbons (Fsp3) is 0.273. The van der Waals surface area contributed by atoms with E-state index in [1.54, 1.807) is 0 Å². The molecule has 0 unspecified atom stereocenters. The summed E-state index contributed by atoms with van der Waals surface area (Å²) in [4.78, 5) is -0.772. The Balaban J connectivity index is 3.34. The molecule has 0 saturated carbocycles. The summed E-state index contributed by atoms with van der Waals surface area (Å²) in [5, 5.41) is 0. The van der Waals surface area contributed by atoms with Gasteiger partial charge in [0.15, 0.2) is 5.76 Å². The summed E-state index contributed by atoms with van der Waals surface area (Å²) in [5.74, 6) is -1.03. The summed E-state index contributed by atoms with van der Waals surface area (Å²) in [5.41, 5.74) is -10.8. The van der Waals surface area contributed by atoms with E-state index in [9.17, 15) is 34.8 Å². The van der Waals surface area contributed by atoms with Crippen molar-refractivity contribution in [1.82, 2.24) is 0 Å². The third kappa shape index (κ3) is 5.13. The Morgan fingerprint density at radius 1 is 1.05 bits per heavy atom. The van der Waals surface area contributed by atoms with Crippen molar-refractivity contribution in [3.8, 4) is 0 Å². The van der Waals surface area contributed by atoms with Gasteiger partial charge in [-0.1, -0.05) is 30.3 Å². The van der Waals surface area contributed by atoms with Gasteiger partial charge in [-0.05, 0) is 18.7 Å². The Labute approximate surface area is 126 Å². The highest BCUT2D eigenvalue weighted by atomic mass is 32.2. The first kappa shape index (κ1) is 18.7. The van der Waals surface area contributed by atoms with E-state index >= 15 is 0 Å². The lowest BCUT2D eigenvalue weighted by Crippen LogP contribution is -2.25. The topological polar surface area (TPSA) is 43.4 Å². The molecule has 3 nitrogen and oxygen atoms in total. The van der Waals surface area contributed by atoms with Gasteiger partial charge in [-0.15, -0.1) is 0 Å². The van der Waals surface area contributed by atoms with Gasteiger partial charge in [0.1, 0.15) is 0 Å². The minimum absolute atomic E-state index is 0.232. The molecule has 0 aliphatic heterocycles. The summed E-state index contributed by atoms with van der Waals surface area (Å²) in [6.07, 6.45) is 0. The number of alkyl halides is 6. The Morgan fingerprint density at radius 3 is 1.95 bits per heavy atom. The molecule has 0 spiro atoms. The molecule has 0 aliphatic rings. The fourth-order valence-electron chi connectivity index (χ4n) is 1.28. The van der Waals surface area contributed by atoms with E-state index in [2.05, 4.69) is 4.18 Å². The number of halogens is 6. The molecule has 0 saturated heterocycles. The van der Waals surface area contributed by atoms with Crippen LogP contribution in [-0.2, 0) is 14.3 Å². The van der Waals surface area contributed by atoms with Crippen molar-refractivity contribution in [3.63, 3.8) is 0 Å². The zero-order chi connectivity index (χ0) is 17.2. The summed E-state index contributed by atoms with van der Waals surface area (Å²) in [7, 11) is -6.08. The highest BCUT2D eigenvalue weighted by Gasteiger charge is 2.49. The van der Waals surface area contributed by atoms with Crippen LogP contribution >= 0.6 is 11.8 Å². The van der Waals surface area contributed by atoms with Crippen LogP contribution in [0.3, 0.4) is 0 Å². The third-order valence-corrected chi connectivity index (χ3v) is 3.78. The molecule has 0 radical (unpaired) electrons. The molecule has 1 aromatic carbocycles. The molecule has 0 atom stereocenters. The molecule has 0 amide bonds. The van der Waals surface area contributed by atoms with E-state index < -0.39 is 43.6 Å². The molecular formula is C11H8F6O3S2. The molecule has 0 heterocycles.